The first-order valence-electron chi connectivity index (χ1n) is 43.7. The zero-order chi connectivity index (χ0) is 73.0. The van der Waals surface area contributed by atoms with Crippen molar-refractivity contribution in [3.8, 4) is 0 Å². The molecule has 0 aromatic rings. The van der Waals surface area contributed by atoms with Gasteiger partial charge in [0.2, 0.25) is 5.91 Å². The quantitative estimate of drug-likeness (QED) is 0.0204. The highest BCUT2D eigenvalue weighted by molar-refractivity contribution is 5.76. The fourth-order valence-electron chi connectivity index (χ4n) is 14.7. The summed E-state index contributed by atoms with van der Waals surface area (Å²) in [6, 6.07) is -0.939. The molecule has 596 valence electrons. The number of aliphatic hydroxyl groups is 8. The number of aliphatic hydroxyl groups excluding tert-OH is 8. The van der Waals surface area contributed by atoms with Crippen molar-refractivity contribution >= 4 is 5.91 Å². The molecule has 2 heterocycles. The van der Waals surface area contributed by atoms with Crippen molar-refractivity contribution < 1.29 is 64.6 Å². The normalized spacial score (nSPS) is 21.8. The molecule has 9 N–H and O–H groups in total. The van der Waals surface area contributed by atoms with E-state index in [2.05, 4.69) is 43.5 Å². The van der Waals surface area contributed by atoms with Gasteiger partial charge in [-0.15, -0.1) is 0 Å². The third-order valence-electron chi connectivity index (χ3n) is 21.6. The Labute approximate surface area is 621 Å². The molecule has 0 saturated carbocycles. The van der Waals surface area contributed by atoms with Crippen LogP contribution in [0.5, 0.6) is 0 Å². The topological polar surface area (TPSA) is 228 Å². The molecule has 0 aromatic heterocycles. The Hall–Kier alpha value is -1.79. The Morgan fingerprint density at radius 1 is 0.347 bits per heavy atom. The number of amides is 1. The molecular formula is C87H165NO13. The zero-order valence-electron chi connectivity index (χ0n) is 65.7. The number of nitrogens with one attached hydrogen (secondary N) is 1. The molecule has 101 heavy (non-hydrogen) atoms. The fraction of sp³-hybridized carbons (Fsp3) is 0.920. The molecule has 0 aromatic carbocycles. The van der Waals surface area contributed by atoms with E-state index in [-0.39, 0.29) is 18.9 Å². The molecule has 0 spiro atoms. The summed E-state index contributed by atoms with van der Waals surface area (Å²) >= 11 is 0. The first-order valence-corrected chi connectivity index (χ1v) is 43.7. The molecule has 2 aliphatic heterocycles. The molecule has 0 bridgehead atoms. The van der Waals surface area contributed by atoms with Gasteiger partial charge in [0.25, 0.3) is 0 Å². The molecule has 0 radical (unpaired) electrons. The largest absolute Gasteiger partial charge is 0.394 e. The molecular weight excluding hydrogens is 1270 g/mol. The molecule has 0 aliphatic carbocycles. The molecule has 12 atom stereocenters. The van der Waals surface area contributed by atoms with Crippen LogP contribution in [0.15, 0.2) is 36.5 Å². The van der Waals surface area contributed by atoms with E-state index in [1.807, 2.05) is 6.08 Å². The highest BCUT2D eigenvalue weighted by atomic mass is 16.7. The summed E-state index contributed by atoms with van der Waals surface area (Å²) in [6.07, 6.45) is 78.4. The van der Waals surface area contributed by atoms with Crippen molar-refractivity contribution in [2.24, 2.45) is 0 Å². The lowest BCUT2D eigenvalue weighted by Crippen LogP contribution is -2.65. The maximum atomic E-state index is 13.4. The zero-order valence-corrected chi connectivity index (χ0v) is 65.7. The van der Waals surface area contributed by atoms with Crippen LogP contribution in [0.4, 0.5) is 0 Å². The SMILES string of the molecule is CCCCCCCCCCCCCCCCCCCCCCCC/C=C/CC/C=C/CC/C=C/C(O)C(COC1OC(CO)C(OC2OC(CO)C(O)C(O)C2O)C(O)C1O)NC(=O)CCCCCCCCCCCCCCCCCCCCCCCCCCCCCCCCCCCCC. The van der Waals surface area contributed by atoms with Crippen molar-refractivity contribution in [1.29, 1.82) is 0 Å². The molecule has 14 heteroatoms. The highest BCUT2D eigenvalue weighted by Crippen LogP contribution is 2.31. The average Bonchev–Trinajstić information content (AvgIpc) is 0.792. The maximum absolute atomic E-state index is 13.4. The maximum Gasteiger partial charge on any atom is 0.220 e. The first-order chi connectivity index (χ1) is 49.6. The van der Waals surface area contributed by atoms with Gasteiger partial charge in [-0.25, -0.2) is 0 Å². The number of allylic oxidation sites excluding steroid dienone is 5. The Morgan fingerprint density at radius 2 is 0.634 bits per heavy atom. The Bertz CT molecular complexity index is 1840. The van der Waals surface area contributed by atoms with Crippen LogP contribution in [0.3, 0.4) is 0 Å². The van der Waals surface area contributed by atoms with E-state index in [1.165, 1.54) is 340 Å². The number of hydrogen-bond donors (Lipinski definition) is 9. The summed E-state index contributed by atoms with van der Waals surface area (Å²) in [5.41, 5.74) is 0. The summed E-state index contributed by atoms with van der Waals surface area (Å²) in [5, 5.41) is 87.8. The van der Waals surface area contributed by atoms with E-state index in [0.717, 1.165) is 44.9 Å². The van der Waals surface area contributed by atoms with E-state index in [9.17, 15) is 45.6 Å². The number of carbonyl (C=O) groups excluding carboxylic acids is 1. The van der Waals surface area contributed by atoms with Gasteiger partial charge in [0.05, 0.1) is 32.0 Å². The van der Waals surface area contributed by atoms with Gasteiger partial charge in [0.15, 0.2) is 12.6 Å². The van der Waals surface area contributed by atoms with Gasteiger partial charge in [-0.05, 0) is 44.9 Å². The Balaban J connectivity index is 1.59. The van der Waals surface area contributed by atoms with Gasteiger partial charge in [0, 0.05) is 6.42 Å². The second-order valence-electron chi connectivity index (χ2n) is 31.0. The summed E-state index contributed by atoms with van der Waals surface area (Å²) in [7, 11) is 0. The van der Waals surface area contributed by atoms with E-state index in [4.69, 9.17) is 18.9 Å². The molecule has 2 saturated heterocycles. The van der Waals surface area contributed by atoms with Crippen LogP contribution in [0.25, 0.3) is 0 Å². The van der Waals surface area contributed by atoms with Gasteiger partial charge in [-0.3, -0.25) is 4.79 Å². The van der Waals surface area contributed by atoms with Gasteiger partial charge < -0.3 is 65.1 Å². The third kappa shape index (κ3) is 53.6. The predicted molar refractivity (Wildman–Crippen MR) is 420 cm³/mol. The van der Waals surface area contributed by atoms with Gasteiger partial charge in [-0.2, -0.15) is 0 Å². The lowest BCUT2D eigenvalue weighted by Gasteiger charge is -2.46. The van der Waals surface area contributed by atoms with Crippen LogP contribution in [-0.2, 0) is 23.7 Å². The van der Waals surface area contributed by atoms with Crippen molar-refractivity contribution in [2.75, 3.05) is 19.8 Å². The monoisotopic (exact) mass is 1430 g/mol. The molecule has 14 nitrogen and oxygen atoms in total. The van der Waals surface area contributed by atoms with Crippen LogP contribution in [0.2, 0.25) is 0 Å². The summed E-state index contributed by atoms with van der Waals surface area (Å²) in [5.74, 6) is -0.244. The number of carbonyl (C=O) groups is 1. The third-order valence-corrected chi connectivity index (χ3v) is 21.6. The second-order valence-corrected chi connectivity index (χ2v) is 31.0. The van der Waals surface area contributed by atoms with Crippen molar-refractivity contribution in [1.82, 2.24) is 5.32 Å². The van der Waals surface area contributed by atoms with Crippen LogP contribution in [-0.4, -0.2) is 140 Å². The average molecular weight is 1430 g/mol. The van der Waals surface area contributed by atoms with E-state index in [0.29, 0.717) is 12.8 Å². The summed E-state index contributed by atoms with van der Waals surface area (Å²) in [4.78, 5) is 13.4. The Kier molecular flexibility index (Phi) is 67.1. The summed E-state index contributed by atoms with van der Waals surface area (Å²) < 4.78 is 22.9. The van der Waals surface area contributed by atoms with Gasteiger partial charge in [0.1, 0.15) is 48.8 Å². The van der Waals surface area contributed by atoms with Crippen LogP contribution in [0.1, 0.15) is 418 Å². The fourth-order valence-corrected chi connectivity index (χ4v) is 14.7. The molecule has 2 aliphatic rings. The minimum absolute atomic E-state index is 0.244. The standard InChI is InChI=1S/C87H165NO13/c1-3-5-7-9-11-13-15-17-19-21-23-25-27-29-31-33-35-37-38-39-41-43-45-47-49-51-53-55-57-59-61-63-65-67-69-71-79(92)88-75(74-98-86-84(97)82(95)85(78(73-90)100-86)101-87-83(96)81(94)80(93)77(72-89)99-87)76(91)70-68-66-64-62-60-58-56-54-52-50-48-46-44-42-40-36-34-32-30-28-26-24-22-20-18-16-14-12-10-8-6-4-2/h52,54,60,62,68,70,75-78,80-87,89-91,93-97H,3-51,53,55-59,61,63-67,69,71-74H2,1-2H3,(H,88,92)/b54-52+,62-60+,70-68+. The molecule has 12 unspecified atom stereocenters. The highest BCUT2D eigenvalue weighted by Gasteiger charge is 2.51. The van der Waals surface area contributed by atoms with Crippen molar-refractivity contribution in [3.05, 3.63) is 36.5 Å². The van der Waals surface area contributed by atoms with Crippen molar-refractivity contribution in [3.63, 3.8) is 0 Å². The smallest absolute Gasteiger partial charge is 0.220 e. The van der Waals surface area contributed by atoms with E-state index in [1.54, 1.807) is 6.08 Å². The lowest BCUT2D eigenvalue weighted by atomic mass is 9.97. The van der Waals surface area contributed by atoms with Crippen LogP contribution < -0.4 is 5.32 Å². The predicted octanol–water partition coefficient (Wildman–Crippen LogP) is 20.8. The Morgan fingerprint density at radius 3 is 0.970 bits per heavy atom. The van der Waals surface area contributed by atoms with Crippen molar-refractivity contribution in [2.45, 2.75) is 492 Å². The number of hydrogen-bond acceptors (Lipinski definition) is 13. The van der Waals surface area contributed by atoms with Gasteiger partial charge >= 0.3 is 0 Å². The lowest BCUT2D eigenvalue weighted by molar-refractivity contribution is -0.359. The van der Waals surface area contributed by atoms with E-state index >= 15 is 0 Å². The summed E-state index contributed by atoms with van der Waals surface area (Å²) in [6.45, 7) is 2.85. The minimum atomic E-state index is -1.79. The van der Waals surface area contributed by atoms with Crippen LogP contribution >= 0.6 is 0 Å². The van der Waals surface area contributed by atoms with Crippen LogP contribution in [0, 0.1) is 0 Å². The number of rotatable bonds is 75. The van der Waals surface area contributed by atoms with E-state index < -0.39 is 86.8 Å². The number of unbranched alkanes of at least 4 members (excludes halogenated alkanes) is 58. The molecule has 2 rings (SSSR count). The number of ether oxygens (including phenoxy) is 4. The first kappa shape index (κ1) is 95.3. The second kappa shape index (κ2) is 71.1. The molecule has 2 fully saturated rings. The molecule has 1 amide bonds. The van der Waals surface area contributed by atoms with Gasteiger partial charge in [-0.1, -0.05) is 403 Å². The minimum Gasteiger partial charge on any atom is -0.394 e.